The van der Waals surface area contributed by atoms with Crippen LogP contribution in [0.4, 0.5) is 0 Å². The number of hydrogen-bond acceptors (Lipinski definition) is 2. The first-order valence-electron chi connectivity index (χ1n) is 11.2. The van der Waals surface area contributed by atoms with Gasteiger partial charge in [0, 0.05) is 5.92 Å². The number of quaternary nitrogens is 1. The van der Waals surface area contributed by atoms with Crippen LogP contribution in [0.5, 0.6) is 0 Å². The van der Waals surface area contributed by atoms with Crippen molar-refractivity contribution in [1.29, 1.82) is 0 Å². The molecular weight excluding hydrogens is 455 g/mol. The van der Waals surface area contributed by atoms with E-state index in [9.17, 15) is 4.79 Å². The van der Waals surface area contributed by atoms with Crippen LogP contribution in [0.1, 0.15) is 37.7 Å². The molecule has 7 heteroatoms. The van der Waals surface area contributed by atoms with E-state index in [0.29, 0.717) is 18.6 Å². The second-order valence-electron chi connectivity index (χ2n) is 8.80. The number of carbonyl (C=O) groups excluding carboxylic acids is 1. The molecule has 2 aromatic carbocycles. The Morgan fingerprint density at radius 2 is 1.84 bits per heavy atom. The summed E-state index contributed by atoms with van der Waals surface area (Å²) in [6.07, 6.45) is 5.37. The maximum atomic E-state index is 12.8. The smallest absolute Gasteiger partial charge is 0.234 e. The number of hydrogen-bond donors (Lipinski definition) is 2. The summed E-state index contributed by atoms with van der Waals surface area (Å²) < 4.78 is 4.32. The summed E-state index contributed by atoms with van der Waals surface area (Å²) in [7, 11) is 0. The summed E-state index contributed by atoms with van der Waals surface area (Å²) >= 11 is 18.5. The van der Waals surface area contributed by atoms with Gasteiger partial charge in [-0.05, 0) is 48.4 Å². The minimum Gasteiger partial charge on any atom is -0.353 e. The van der Waals surface area contributed by atoms with Gasteiger partial charge in [-0.1, -0.05) is 77.3 Å². The maximum Gasteiger partial charge on any atom is 0.234 e. The lowest BCUT2D eigenvalue weighted by Crippen LogP contribution is -3.18. The molecule has 4 nitrogen and oxygen atoms in total. The van der Waals surface area contributed by atoms with Crippen molar-refractivity contribution in [3.8, 4) is 0 Å². The van der Waals surface area contributed by atoms with E-state index in [0.717, 1.165) is 22.8 Å². The van der Waals surface area contributed by atoms with Crippen LogP contribution in [-0.4, -0.2) is 41.7 Å². The Labute approximate surface area is 199 Å². The quantitative estimate of drug-likeness (QED) is 0.480. The molecule has 2 heterocycles. The Kier molecular flexibility index (Phi) is 7.66. The summed E-state index contributed by atoms with van der Waals surface area (Å²) in [5.74, 6) is 0.218. The van der Waals surface area contributed by atoms with Crippen molar-refractivity contribution in [2.45, 2.75) is 54.6 Å². The van der Waals surface area contributed by atoms with E-state index in [-0.39, 0.29) is 12.3 Å². The molecule has 0 aliphatic carbocycles. The van der Waals surface area contributed by atoms with Gasteiger partial charge in [-0.25, -0.2) is 0 Å². The van der Waals surface area contributed by atoms with Gasteiger partial charge in [0.05, 0.1) is 32.2 Å². The zero-order valence-corrected chi connectivity index (χ0v) is 19.9. The van der Waals surface area contributed by atoms with Crippen LogP contribution >= 0.6 is 34.8 Å². The van der Waals surface area contributed by atoms with Gasteiger partial charge < -0.3 is 15.0 Å². The lowest BCUT2D eigenvalue weighted by atomic mass is 9.84. The van der Waals surface area contributed by atoms with E-state index < -0.39 is 10.0 Å². The average molecular weight is 485 g/mol. The predicted molar refractivity (Wildman–Crippen MR) is 127 cm³/mol. The first kappa shape index (κ1) is 23.1. The lowest BCUT2D eigenvalue weighted by molar-refractivity contribution is -0.940. The summed E-state index contributed by atoms with van der Waals surface area (Å²) in [5, 5.41) is 4.96. The third-order valence-corrected chi connectivity index (χ3v) is 7.32. The van der Waals surface area contributed by atoms with Crippen LogP contribution in [0.2, 0.25) is 0 Å². The Balaban J connectivity index is 1.39. The number of halogens is 3. The van der Waals surface area contributed by atoms with Crippen molar-refractivity contribution in [1.82, 2.24) is 5.32 Å². The predicted octanol–water partition coefficient (Wildman–Crippen LogP) is 4.06. The number of benzene rings is 2. The first-order valence-corrected chi connectivity index (χ1v) is 12.3. The summed E-state index contributed by atoms with van der Waals surface area (Å²) in [5.41, 5.74) is 0.937. The highest BCUT2D eigenvalue weighted by Gasteiger charge is 2.40. The maximum absolute atomic E-state index is 12.8. The number of nitrogens with one attached hydrogen (secondary N) is 2. The zero-order chi connectivity index (χ0) is 21.8. The third kappa shape index (κ3) is 5.85. The molecule has 0 radical (unpaired) electrons. The molecule has 4 rings (SSSR count). The van der Waals surface area contributed by atoms with Crippen LogP contribution < -0.4 is 10.2 Å². The largest absolute Gasteiger partial charge is 0.353 e. The number of piperidine rings is 2. The molecule has 2 aromatic rings. The number of carbonyl (C=O) groups is 1. The van der Waals surface area contributed by atoms with Crippen molar-refractivity contribution in [3.63, 3.8) is 0 Å². The molecule has 2 N–H and O–H groups in total. The van der Waals surface area contributed by atoms with Gasteiger partial charge in [-0.2, -0.15) is 0 Å². The van der Waals surface area contributed by atoms with E-state index in [4.69, 9.17) is 39.5 Å². The SMILES string of the molecule is O=C(Cc1cccc2ccccc12)N[C@H](OC[C@H]1CCC[NH+]2CCCC[C@H]12)C(Cl)(Cl)Cl. The van der Waals surface area contributed by atoms with Gasteiger partial charge in [0.2, 0.25) is 9.70 Å². The van der Waals surface area contributed by atoms with Crippen LogP contribution in [-0.2, 0) is 16.0 Å². The van der Waals surface area contributed by atoms with Crippen LogP contribution in [0, 0.1) is 5.92 Å². The van der Waals surface area contributed by atoms with E-state index in [1.807, 2.05) is 42.5 Å². The molecule has 1 unspecified atom stereocenters. The Hall–Kier alpha value is -1.04. The highest BCUT2D eigenvalue weighted by molar-refractivity contribution is 6.68. The molecule has 2 saturated heterocycles. The van der Waals surface area contributed by atoms with E-state index in [1.54, 1.807) is 4.90 Å². The molecule has 31 heavy (non-hydrogen) atoms. The van der Waals surface area contributed by atoms with Crippen molar-refractivity contribution < 1.29 is 14.4 Å². The molecule has 0 bridgehead atoms. The summed E-state index contributed by atoms with van der Waals surface area (Å²) in [6, 6.07) is 14.6. The second kappa shape index (κ2) is 10.3. The lowest BCUT2D eigenvalue weighted by Gasteiger charge is -2.41. The highest BCUT2D eigenvalue weighted by atomic mass is 35.6. The standard InChI is InChI=1S/C24H29Cl3N2O2/c25-24(26,27)23(31-16-19-10-6-14-29-13-4-3-12-21(19)29)28-22(30)15-18-9-5-8-17-7-1-2-11-20(17)18/h1-2,5,7-9,11,19,21,23H,3-4,6,10,12-16H2,(H,28,30)/p+1/t19-,21-,23-/m1/s1. The fourth-order valence-electron chi connectivity index (χ4n) is 5.23. The van der Waals surface area contributed by atoms with Crippen LogP contribution in [0.25, 0.3) is 10.8 Å². The Morgan fingerprint density at radius 1 is 1.06 bits per heavy atom. The van der Waals surface area contributed by atoms with Gasteiger partial charge in [0.1, 0.15) is 0 Å². The molecular formula is C24H30Cl3N2O2+. The fraction of sp³-hybridized carbons (Fsp3) is 0.542. The number of fused-ring (bicyclic) bond motifs is 2. The zero-order valence-electron chi connectivity index (χ0n) is 17.6. The van der Waals surface area contributed by atoms with Crippen molar-refractivity contribution in [2.24, 2.45) is 5.92 Å². The minimum absolute atomic E-state index is 0.200. The fourth-order valence-corrected chi connectivity index (χ4v) is 5.58. The number of rotatable bonds is 6. The van der Waals surface area contributed by atoms with Crippen LogP contribution in [0.15, 0.2) is 42.5 Å². The Morgan fingerprint density at radius 3 is 2.68 bits per heavy atom. The van der Waals surface area contributed by atoms with Gasteiger partial charge in [-0.3, -0.25) is 4.79 Å². The molecule has 2 aliphatic heterocycles. The first-order chi connectivity index (χ1) is 14.9. The normalized spacial score (nSPS) is 25.1. The van der Waals surface area contributed by atoms with Gasteiger partial charge in [0.25, 0.3) is 0 Å². The van der Waals surface area contributed by atoms with Crippen molar-refractivity contribution in [2.75, 3.05) is 19.7 Å². The second-order valence-corrected chi connectivity index (χ2v) is 11.2. The summed E-state index contributed by atoms with van der Waals surface area (Å²) in [6.45, 7) is 2.99. The minimum atomic E-state index is -1.73. The molecule has 168 valence electrons. The number of ether oxygens (including phenoxy) is 1. The van der Waals surface area contributed by atoms with Crippen molar-refractivity contribution >= 4 is 51.5 Å². The van der Waals surface area contributed by atoms with E-state index >= 15 is 0 Å². The molecule has 2 fully saturated rings. The molecule has 2 aliphatic rings. The highest BCUT2D eigenvalue weighted by Crippen LogP contribution is 2.32. The van der Waals surface area contributed by atoms with Gasteiger partial charge in [0.15, 0.2) is 6.23 Å². The van der Waals surface area contributed by atoms with E-state index in [2.05, 4.69) is 5.32 Å². The molecule has 0 aromatic heterocycles. The van der Waals surface area contributed by atoms with Gasteiger partial charge in [-0.15, -0.1) is 0 Å². The number of alkyl halides is 3. The molecule has 0 spiro atoms. The van der Waals surface area contributed by atoms with E-state index in [1.165, 1.54) is 38.8 Å². The Bertz CT molecular complexity index is 895. The summed E-state index contributed by atoms with van der Waals surface area (Å²) in [4.78, 5) is 14.5. The van der Waals surface area contributed by atoms with Crippen molar-refractivity contribution in [3.05, 3.63) is 48.0 Å². The molecule has 1 amide bonds. The van der Waals surface area contributed by atoms with Crippen LogP contribution in [0.3, 0.4) is 0 Å². The topological polar surface area (TPSA) is 42.8 Å². The third-order valence-electron chi connectivity index (χ3n) is 6.73. The molecule has 0 saturated carbocycles. The monoisotopic (exact) mass is 483 g/mol. The number of amides is 1. The van der Waals surface area contributed by atoms with Gasteiger partial charge >= 0.3 is 0 Å². The average Bonchev–Trinajstić information content (AvgIpc) is 2.76. The molecule has 4 atom stereocenters.